The van der Waals surface area contributed by atoms with Gasteiger partial charge in [-0.15, -0.1) is 0 Å². The molecule has 0 aliphatic carbocycles. The van der Waals surface area contributed by atoms with Crippen LogP contribution in [0.15, 0.2) is 30.5 Å². The summed E-state index contributed by atoms with van der Waals surface area (Å²) in [4.78, 5) is 7.33. The molecule has 0 amide bonds. The maximum absolute atomic E-state index is 5.66. The molecule has 0 atom stereocenters. The standard InChI is InChI=1S/C10H12N4/c1-7-8(11)4-5-10(13-7)14-9-3-2-6-12-9/h2-6,12H,11H2,1H3,(H,13,14). The van der Waals surface area contributed by atoms with Crippen LogP contribution in [0.3, 0.4) is 0 Å². The average Bonchev–Trinajstić information content (AvgIpc) is 2.64. The van der Waals surface area contributed by atoms with Crippen molar-refractivity contribution in [3.8, 4) is 0 Å². The van der Waals surface area contributed by atoms with Crippen molar-refractivity contribution in [1.29, 1.82) is 0 Å². The molecule has 0 unspecified atom stereocenters. The van der Waals surface area contributed by atoms with Crippen LogP contribution in [-0.4, -0.2) is 9.97 Å². The Labute approximate surface area is 82.2 Å². The van der Waals surface area contributed by atoms with E-state index in [4.69, 9.17) is 5.73 Å². The monoisotopic (exact) mass is 188 g/mol. The van der Waals surface area contributed by atoms with Crippen molar-refractivity contribution in [3.05, 3.63) is 36.2 Å². The molecule has 2 heterocycles. The van der Waals surface area contributed by atoms with Crippen molar-refractivity contribution in [2.45, 2.75) is 6.92 Å². The summed E-state index contributed by atoms with van der Waals surface area (Å²) in [5, 5.41) is 3.13. The molecular formula is C10H12N4. The fraction of sp³-hybridized carbons (Fsp3) is 0.100. The number of hydrogen-bond acceptors (Lipinski definition) is 3. The lowest BCUT2D eigenvalue weighted by molar-refractivity contribution is 1.19. The number of anilines is 3. The van der Waals surface area contributed by atoms with Gasteiger partial charge < -0.3 is 16.0 Å². The van der Waals surface area contributed by atoms with Crippen molar-refractivity contribution in [1.82, 2.24) is 9.97 Å². The number of hydrogen-bond donors (Lipinski definition) is 3. The zero-order valence-electron chi connectivity index (χ0n) is 7.91. The summed E-state index contributed by atoms with van der Waals surface area (Å²) < 4.78 is 0. The first kappa shape index (κ1) is 8.62. The summed E-state index contributed by atoms with van der Waals surface area (Å²) in [7, 11) is 0. The molecule has 0 aromatic carbocycles. The van der Waals surface area contributed by atoms with E-state index in [1.54, 1.807) is 0 Å². The number of nitrogens with two attached hydrogens (primary N) is 1. The number of aromatic amines is 1. The zero-order chi connectivity index (χ0) is 9.97. The molecule has 0 aliphatic heterocycles. The predicted octanol–water partition coefficient (Wildman–Crippen LogP) is 2.04. The van der Waals surface area contributed by atoms with E-state index in [-0.39, 0.29) is 0 Å². The van der Waals surface area contributed by atoms with Crippen LogP contribution in [0.1, 0.15) is 5.69 Å². The summed E-state index contributed by atoms with van der Waals surface area (Å²) in [6.07, 6.45) is 1.85. The summed E-state index contributed by atoms with van der Waals surface area (Å²) in [6.45, 7) is 1.88. The molecule has 2 rings (SSSR count). The Balaban J connectivity index is 2.22. The van der Waals surface area contributed by atoms with Crippen molar-refractivity contribution < 1.29 is 0 Å². The fourth-order valence-electron chi connectivity index (χ4n) is 1.19. The number of aromatic nitrogens is 2. The normalized spacial score (nSPS) is 10.1. The largest absolute Gasteiger partial charge is 0.397 e. The van der Waals surface area contributed by atoms with Crippen LogP contribution in [0.25, 0.3) is 0 Å². The predicted molar refractivity (Wildman–Crippen MR) is 57.5 cm³/mol. The second-order valence-electron chi connectivity index (χ2n) is 3.08. The highest BCUT2D eigenvalue weighted by Gasteiger charge is 1.98. The lowest BCUT2D eigenvalue weighted by Gasteiger charge is -2.05. The van der Waals surface area contributed by atoms with Crippen LogP contribution in [0, 0.1) is 6.92 Å². The van der Waals surface area contributed by atoms with Gasteiger partial charge in [-0.25, -0.2) is 4.98 Å². The molecular weight excluding hydrogens is 176 g/mol. The second-order valence-corrected chi connectivity index (χ2v) is 3.08. The van der Waals surface area contributed by atoms with Gasteiger partial charge >= 0.3 is 0 Å². The minimum absolute atomic E-state index is 0.710. The third-order valence-electron chi connectivity index (χ3n) is 1.99. The van der Waals surface area contributed by atoms with Gasteiger partial charge in [0.15, 0.2) is 0 Å². The molecule has 72 valence electrons. The van der Waals surface area contributed by atoms with Gasteiger partial charge in [0, 0.05) is 6.20 Å². The molecule has 0 spiro atoms. The Morgan fingerprint density at radius 1 is 1.36 bits per heavy atom. The summed E-state index contributed by atoms with van der Waals surface area (Å²) in [5.74, 6) is 1.71. The minimum atomic E-state index is 0.710. The van der Waals surface area contributed by atoms with Crippen LogP contribution in [0.5, 0.6) is 0 Å². The highest BCUT2D eigenvalue weighted by molar-refractivity contribution is 5.55. The van der Waals surface area contributed by atoms with E-state index >= 15 is 0 Å². The Morgan fingerprint density at radius 3 is 2.86 bits per heavy atom. The van der Waals surface area contributed by atoms with Gasteiger partial charge in [-0.1, -0.05) is 0 Å². The van der Waals surface area contributed by atoms with E-state index in [0.29, 0.717) is 5.69 Å². The Morgan fingerprint density at radius 2 is 2.21 bits per heavy atom. The number of H-pyrrole nitrogens is 1. The number of rotatable bonds is 2. The van der Waals surface area contributed by atoms with Crippen molar-refractivity contribution in [2.24, 2.45) is 0 Å². The van der Waals surface area contributed by atoms with Gasteiger partial charge in [-0.2, -0.15) is 0 Å². The summed E-state index contributed by atoms with van der Waals surface area (Å²) in [5.41, 5.74) is 7.21. The van der Waals surface area contributed by atoms with Crippen LogP contribution in [0.4, 0.5) is 17.3 Å². The topological polar surface area (TPSA) is 66.7 Å². The molecule has 4 heteroatoms. The Hall–Kier alpha value is -1.97. The van der Waals surface area contributed by atoms with Crippen LogP contribution in [0.2, 0.25) is 0 Å². The molecule has 0 aliphatic rings. The quantitative estimate of drug-likeness (QED) is 0.675. The summed E-state index contributed by atoms with van der Waals surface area (Å²) in [6, 6.07) is 7.55. The molecule has 4 nitrogen and oxygen atoms in total. The van der Waals surface area contributed by atoms with Gasteiger partial charge in [-0.05, 0) is 31.2 Å². The molecule has 0 saturated carbocycles. The first-order valence-corrected chi connectivity index (χ1v) is 4.39. The summed E-state index contributed by atoms with van der Waals surface area (Å²) >= 11 is 0. The van der Waals surface area contributed by atoms with Gasteiger partial charge in [0.25, 0.3) is 0 Å². The molecule has 4 N–H and O–H groups in total. The Kier molecular flexibility index (Phi) is 2.10. The van der Waals surface area contributed by atoms with E-state index in [1.807, 2.05) is 37.4 Å². The van der Waals surface area contributed by atoms with E-state index < -0.39 is 0 Å². The van der Waals surface area contributed by atoms with Crippen LogP contribution >= 0.6 is 0 Å². The lowest BCUT2D eigenvalue weighted by atomic mass is 10.3. The SMILES string of the molecule is Cc1nc(Nc2ccc[nH]2)ccc1N. The van der Waals surface area contributed by atoms with E-state index in [0.717, 1.165) is 17.3 Å². The van der Waals surface area contributed by atoms with E-state index in [2.05, 4.69) is 15.3 Å². The first-order valence-electron chi connectivity index (χ1n) is 4.39. The zero-order valence-corrected chi connectivity index (χ0v) is 7.91. The van der Waals surface area contributed by atoms with Gasteiger partial charge in [0.2, 0.25) is 0 Å². The molecule has 2 aromatic heterocycles. The molecule has 14 heavy (non-hydrogen) atoms. The maximum Gasteiger partial charge on any atom is 0.131 e. The van der Waals surface area contributed by atoms with Gasteiger partial charge in [0.05, 0.1) is 11.4 Å². The molecule has 0 bridgehead atoms. The third kappa shape index (κ3) is 1.69. The maximum atomic E-state index is 5.66. The number of nitrogens with one attached hydrogen (secondary N) is 2. The number of nitrogen functional groups attached to an aromatic ring is 1. The number of nitrogens with zero attached hydrogens (tertiary/aromatic N) is 1. The van der Waals surface area contributed by atoms with E-state index in [9.17, 15) is 0 Å². The lowest BCUT2D eigenvalue weighted by Crippen LogP contribution is -1.98. The van der Waals surface area contributed by atoms with Crippen molar-refractivity contribution in [2.75, 3.05) is 11.1 Å². The van der Waals surface area contributed by atoms with Gasteiger partial charge in [0.1, 0.15) is 11.6 Å². The number of aryl methyl sites for hydroxylation is 1. The molecule has 0 saturated heterocycles. The first-order chi connectivity index (χ1) is 6.75. The van der Waals surface area contributed by atoms with Crippen LogP contribution in [-0.2, 0) is 0 Å². The fourth-order valence-corrected chi connectivity index (χ4v) is 1.19. The van der Waals surface area contributed by atoms with Crippen LogP contribution < -0.4 is 11.1 Å². The average molecular weight is 188 g/mol. The van der Waals surface area contributed by atoms with Crippen molar-refractivity contribution in [3.63, 3.8) is 0 Å². The minimum Gasteiger partial charge on any atom is -0.397 e. The number of pyridine rings is 1. The second kappa shape index (κ2) is 3.41. The van der Waals surface area contributed by atoms with Gasteiger partial charge in [-0.3, -0.25) is 0 Å². The van der Waals surface area contributed by atoms with E-state index in [1.165, 1.54) is 0 Å². The van der Waals surface area contributed by atoms with Crippen molar-refractivity contribution >= 4 is 17.3 Å². The molecule has 0 radical (unpaired) electrons. The highest BCUT2D eigenvalue weighted by Crippen LogP contribution is 2.15. The third-order valence-corrected chi connectivity index (χ3v) is 1.99. The Bertz CT molecular complexity index is 420. The smallest absolute Gasteiger partial charge is 0.131 e. The highest BCUT2D eigenvalue weighted by atomic mass is 15.1. The molecule has 0 fully saturated rings. The molecule has 2 aromatic rings.